The van der Waals surface area contributed by atoms with Gasteiger partial charge in [-0.05, 0) is 27.7 Å². The molecule has 1 amide bonds. The molecule has 1 fully saturated rings. The number of amides is 1. The van der Waals surface area contributed by atoms with Crippen LogP contribution in [0.3, 0.4) is 0 Å². The number of hydrogen-bond donors (Lipinski definition) is 2. The van der Waals surface area contributed by atoms with E-state index >= 15 is 0 Å². The van der Waals surface area contributed by atoms with Crippen molar-refractivity contribution in [1.82, 2.24) is 29.5 Å². The highest BCUT2D eigenvalue weighted by molar-refractivity contribution is 7.99. The van der Waals surface area contributed by atoms with Gasteiger partial charge < -0.3 is 20.3 Å². The second kappa shape index (κ2) is 8.70. The van der Waals surface area contributed by atoms with Crippen LogP contribution in [0.15, 0.2) is 5.16 Å². The molecule has 2 atom stereocenters. The first kappa shape index (κ1) is 19.6. The van der Waals surface area contributed by atoms with Gasteiger partial charge in [-0.25, -0.2) is 4.40 Å². The third-order valence-electron chi connectivity index (χ3n) is 4.01. The standard InChI is InChI=1S/C16H26N8O2S/c1-5-17-13-19-14(18-6-2)24-15(20-13)21-22-16(24)27-9-12(25)23-7-10(3)26-11(4)8-23/h10-11H,5-9H2,1-4H3,(H2,17,18,19,20,21)/t10-,11-/m0/s1. The van der Waals surface area contributed by atoms with Crippen LogP contribution in [-0.4, -0.2) is 79.5 Å². The molecule has 0 unspecified atom stereocenters. The molecule has 3 rings (SSSR count). The molecular weight excluding hydrogens is 368 g/mol. The summed E-state index contributed by atoms with van der Waals surface area (Å²) in [4.78, 5) is 23.3. The van der Waals surface area contributed by atoms with Crippen molar-refractivity contribution in [3.63, 3.8) is 0 Å². The molecule has 0 bridgehead atoms. The van der Waals surface area contributed by atoms with Crippen LogP contribution in [-0.2, 0) is 9.53 Å². The first-order chi connectivity index (χ1) is 13.0. The summed E-state index contributed by atoms with van der Waals surface area (Å²) in [6, 6.07) is 0. The summed E-state index contributed by atoms with van der Waals surface area (Å²) in [5.74, 6) is 1.89. The maximum absolute atomic E-state index is 12.6. The summed E-state index contributed by atoms with van der Waals surface area (Å²) >= 11 is 1.34. The molecule has 1 saturated heterocycles. The number of nitrogens with one attached hydrogen (secondary N) is 2. The molecule has 0 aromatic carbocycles. The monoisotopic (exact) mass is 394 g/mol. The van der Waals surface area contributed by atoms with Gasteiger partial charge in [-0.15, -0.1) is 10.2 Å². The predicted molar refractivity (Wildman–Crippen MR) is 104 cm³/mol. The van der Waals surface area contributed by atoms with Gasteiger partial charge in [0.2, 0.25) is 17.8 Å². The third-order valence-corrected chi connectivity index (χ3v) is 4.93. The van der Waals surface area contributed by atoms with Crippen molar-refractivity contribution in [2.45, 2.75) is 45.1 Å². The average Bonchev–Trinajstić information content (AvgIpc) is 3.02. The van der Waals surface area contributed by atoms with E-state index in [9.17, 15) is 4.79 Å². The molecule has 0 aliphatic carbocycles. The van der Waals surface area contributed by atoms with Crippen LogP contribution in [0.4, 0.5) is 11.9 Å². The van der Waals surface area contributed by atoms with Gasteiger partial charge in [0.15, 0.2) is 5.16 Å². The van der Waals surface area contributed by atoms with Crippen molar-refractivity contribution in [1.29, 1.82) is 0 Å². The summed E-state index contributed by atoms with van der Waals surface area (Å²) in [5.41, 5.74) is 0. The number of aromatic nitrogens is 5. The van der Waals surface area contributed by atoms with Gasteiger partial charge in [0.05, 0.1) is 18.0 Å². The Morgan fingerprint density at radius 2 is 1.85 bits per heavy atom. The number of carbonyl (C=O) groups excluding carboxylic acids is 1. The molecule has 11 heteroatoms. The minimum absolute atomic E-state index is 0.0508. The lowest BCUT2D eigenvalue weighted by Gasteiger charge is -2.35. The zero-order valence-electron chi connectivity index (χ0n) is 16.1. The van der Waals surface area contributed by atoms with E-state index in [0.29, 0.717) is 49.0 Å². The maximum Gasteiger partial charge on any atom is 0.261 e. The van der Waals surface area contributed by atoms with Crippen molar-refractivity contribution < 1.29 is 9.53 Å². The summed E-state index contributed by atoms with van der Waals surface area (Å²) in [6.45, 7) is 10.6. The Balaban J connectivity index is 1.75. The first-order valence-electron chi connectivity index (χ1n) is 9.18. The molecule has 1 aliphatic rings. The number of ether oxygens (including phenoxy) is 1. The zero-order chi connectivity index (χ0) is 19.4. The molecule has 0 spiro atoms. The van der Waals surface area contributed by atoms with Gasteiger partial charge in [-0.1, -0.05) is 11.8 Å². The number of nitrogens with zero attached hydrogens (tertiary/aromatic N) is 6. The van der Waals surface area contributed by atoms with Crippen molar-refractivity contribution in [2.24, 2.45) is 0 Å². The van der Waals surface area contributed by atoms with E-state index in [2.05, 4.69) is 30.8 Å². The highest BCUT2D eigenvalue weighted by Gasteiger charge is 2.26. The molecular formula is C16H26N8O2S. The SMILES string of the molecule is CCNc1nc(NCC)n2c(SCC(=O)N3C[C@H](C)O[C@@H](C)C3)nnc2n1. The highest BCUT2D eigenvalue weighted by Crippen LogP contribution is 2.22. The molecule has 2 aromatic rings. The van der Waals surface area contributed by atoms with Crippen LogP contribution in [0.1, 0.15) is 27.7 Å². The average molecular weight is 395 g/mol. The van der Waals surface area contributed by atoms with E-state index < -0.39 is 0 Å². The number of anilines is 2. The molecule has 2 aromatic heterocycles. The number of carbonyl (C=O) groups is 1. The van der Waals surface area contributed by atoms with Crippen molar-refractivity contribution in [3.8, 4) is 0 Å². The minimum Gasteiger partial charge on any atom is -0.372 e. The smallest absolute Gasteiger partial charge is 0.261 e. The lowest BCUT2D eigenvalue weighted by Crippen LogP contribution is -2.48. The van der Waals surface area contributed by atoms with Crippen LogP contribution in [0.5, 0.6) is 0 Å². The Morgan fingerprint density at radius 1 is 1.15 bits per heavy atom. The lowest BCUT2D eigenvalue weighted by atomic mass is 10.2. The first-order valence-corrected chi connectivity index (χ1v) is 10.2. The van der Waals surface area contributed by atoms with Gasteiger partial charge in [-0.3, -0.25) is 4.79 Å². The quantitative estimate of drug-likeness (QED) is 0.667. The maximum atomic E-state index is 12.6. The second-order valence-corrected chi connectivity index (χ2v) is 7.34. The molecule has 3 heterocycles. The number of rotatable bonds is 7. The Labute approximate surface area is 162 Å². The zero-order valence-corrected chi connectivity index (χ0v) is 16.9. The summed E-state index contributed by atoms with van der Waals surface area (Å²) < 4.78 is 7.43. The Hall–Kier alpha value is -2.14. The van der Waals surface area contributed by atoms with Gasteiger partial charge in [-0.2, -0.15) is 9.97 Å². The van der Waals surface area contributed by atoms with E-state index in [0.717, 1.165) is 0 Å². The third kappa shape index (κ3) is 4.59. The van der Waals surface area contributed by atoms with Gasteiger partial charge >= 0.3 is 0 Å². The summed E-state index contributed by atoms with van der Waals surface area (Å²) in [5, 5.41) is 15.2. The topological polar surface area (TPSA) is 110 Å². The van der Waals surface area contributed by atoms with Crippen LogP contribution in [0, 0.1) is 0 Å². The Bertz CT molecular complexity index is 788. The molecule has 148 valence electrons. The molecule has 0 radical (unpaired) electrons. The molecule has 27 heavy (non-hydrogen) atoms. The number of morpholine rings is 1. The van der Waals surface area contributed by atoms with Gasteiger partial charge in [0, 0.05) is 26.2 Å². The lowest BCUT2D eigenvalue weighted by molar-refractivity contribution is -0.140. The fourth-order valence-corrected chi connectivity index (χ4v) is 3.83. The number of hydrogen-bond acceptors (Lipinski definition) is 9. The van der Waals surface area contributed by atoms with Crippen molar-refractivity contribution in [2.75, 3.05) is 42.6 Å². The number of fused-ring (bicyclic) bond motifs is 1. The predicted octanol–water partition coefficient (Wildman–Crippen LogP) is 1.11. The van der Waals surface area contributed by atoms with Gasteiger partial charge in [0.25, 0.3) is 5.78 Å². The van der Waals surface area contributed by atoms with Crippen LogP contribution in [0.25, 0.3) is 5.78 Å². The van der Waals surface area contributed by atoms with E-state index in [-0.39, 0.29) is 23.9 Å². The summed E-state index contributed by atoms with van der Waals surface area (Å²) in [6.07, 6.45) is 0.102. The molecule has 1 aliphatic heterocycles. The van der Waals surface area contributed by atoms with Crippen molar-refractivity contribution in [3.05, 3.63) is 0 Å². The van der Waals surface area contributed by atoms with E-state index in [1.165, 1.54) is 11.8 Å². The molecule has 2 N–H and O–H groups in total. The Kier molecular flexibility index (Phi) is 6.32. The summed E-state index contributed by atoms with van der Waals surface area (Å²) in [7, 11) is 0. The largest absolute Gasteiger partial charge is 0.372 e. The highest BCUT2D eigenvalue weighted by atomic mass is 32.2. The van der Waals surface area contributed by atoms with E-state index in [4.69, 9.17) is 4.74 Å². The van der Waals surface area contributed by atoms with Crippen LogP contribution >= 0.6 is 11.8 Å². The van der Waals surface area contributed by atoms with Crippen LogP contribution < -0.4 is 10.6 Å². The van der Waals surface area contributed by atoms with Gasteiger partial charge in [0.1, 0.15) is 0 Å². The molecule has 0 saturated carbocycles. The minimum atomic E-state index is 0.0508. The van der Waals surface area contributed by atoms with Crippen molar-refractivity contribution >= 4 is 35.3 Å². The second-order valence-electron chi connectivity index (χ2n) is 6.39. The molecule has 10 nitrogen and oxygen atoms in total. The van der Waals surface area contributed by atoms with Crippen LogP contribution in [0.2, 0.25) is 0 Å². The van der Waals surface area contributed by atoms with E-state index in [1.54, 1.807) is 4.40 Å². The number of thioether (sulfide) groups is 1. The fourth-order valence-electron chi connectivity index (χ4n) is 3.00. The fraction of sp³-hybridized carbons (Fsp3) is 0.688. The van der Waals surface area contributed by atoms with E-state index in [1.807, 2.05) is 32.6 Å². The normalized spacial score (nSPS) is 20.1. The Morgan fingerprint density at radius 3 is 2.52 bits per heavy atom.